The van der Waals surface area contributed by atoms with Crippen molar-refractivity contribution in [2.75, 3.05) is 20.1 Å². The number of nitrogens with one attached hydrogen (secondary N) is 3. The third-order valence-electron chi connectivity index (χ3n) is 3.97. The predicted octanol–water partition coefficient (Wildman–Crippen LogP) is 2.29. The molecule has 1 aromatic carbocycles. The fourth-order valence-electron chi connectivity index (χ4n) is 2.22. The molecule has 0 bridgehead atoms. The number of unbranched alkanes of at least 4 members (excludes halogenated alkanes) is 1. The fraction of sp³-hybridized carbons (Fsp3) is 0.556. The molecule has 0 atom stereocenters. The number of hydrogen-bond acceptors (Lipinski definition) is 2. The summed E-state index contributed by atoms with van der Waals surface area (Å²) >= 11 is 0. The van der Waals surface area contributed by atoms with Crippen molar-refractivity contribution in [3.8, 4) is 0 Å². The monoisotopic (exact) mass is 316 g/mol. The molecule has 1 aromatic rings. The molecule has 0 aromatic heterocycles. The Morgan fingerprint density at radius 1 is 1.17 bits per heavy atom. The lowest BCUT2D eigenvalue weighted by Gasteiger charge is -2.12. The Morgan fingerprint density at radius 3 is 2.52 bits per heavy atom. The summed E-state index contributed by atoms with van der Waals surface area (Å²) in [5.41, 5.74) is 1.84. The van der Waals surface area contributed by atoms with Gasteiger partial charge in [-0.1, -0.05) is 25.5 Å². The van der Waals surface area contributed by atoms with Gasteiger partial charge >= 0.3 is 0 Å². The Bertz CT molecular complexity index is 520. The zero-order chi connectivity index (χ0) is 16.5. The third kappa shape index (κ3) is 6.30. The van der Waals surface area contributed by atoms with Crippen LogP contribution in [-0.4, -0.2) is 32.0 Å². The van der Waals surface area contributed by atoms with Crippen LogP contribution in [0.1, 0.15) is 48.5 Å². The quantitative estimate of drug-likeness (QED) is 0.392. The van der Waals surface area contributed by atoms with E-state index in [-0.39, 0.29) is 5.91 Å². The minimum atomic E-state index is -0.000121. The summed E-state index contributed by atoms with van der Waals surface area (Å²) in [6.45, 7) is 4.54. The third-order valence-corrected chi connectivity index (χ3v) is 3.97. The predicted molar refractivity (Wildman–Crippen MR) is 94.6 cm³/mol. The summed E-state index contributed by atoms with van der Waals surface area (Å²) in [4.78, 5) is 16.2. The molecule has 0 spiro atoms. The number of benzene rings is 1. The van der Waals surface area contributed by atoms with Crippen molar-refractivity contribution in [2.45, 2.75) is 39.2 Å². The van der Waals surface area contributed by atoms with Crippen molar-refractivity contribution in [1.29, 1.82) is 0 Å². The Labute approximate surface area is 139 Å². The highest BCUT2D eigenvalue weighted by Gasteiger charge is 2.20. The molecule has 0 heterocycles. The molecule has 1 fully saturated rings. The van der Waals surface area contributed by atoms with Crippen molar-refractivity contribution in [3.63, 3.8) is 0 Å². The van der Waals surface area contributed by atoms with Gasteiger partial charge in [-0.15, -0.1) is 0 Å². The van der Waals surface area contributed by atoms with Crippen molar-refractivity contribution < 1.29 is 4.79 Å². The number of carbonyl (C=O) groups is 1. The zero-order valence-electron chi connectivity index (χ0n) is 14.2. The Hall–Kier alpha value is -2.04. The number of nitrogens with zero attached hydrogens (tertiary/aromatic N) is 1. The molecule has 0 radical (unpaired) electrons. The maximum Gasteiger partial charge on any atom is 0.251 e. The molecule has 2 rings (SSSR count). The smallest absolute Gasteiger partial charge is 0.251 e. The van der Waals surface area contributed by atoms with Gasteiger partial charge in [-0.25, -0.2) is 0 Å². The van der Waals surface area contributed by atoms with Gasteiger partial charge in [0.2, 0.25) is 0 Å². The molecule has 23 heavy (non-hydrogen) atoms. The Morgan fingerprint density at radius 2 is 1.91 bits per heavy atom. The summed E-state index contributed by atoms with van der Waals surface area (Å²) < 4.78 is 0. The second kappa shape index (κ2) is 9.18. The fourth-order valence-corrected chi connectivity index (χ4v) is 2.22. The van der Waals surface area contributed by atoms with Crippen LogP contribution in [-0.2, 0) is 6.54 Å². The molecule has 0 saturated heterocycles. The second-order valence-corrected chi connectivity index (χ2v) is 6.06. The minimum absolute atomic E-state index is 0.000121. The van der Waals surface area contributed by atoms with Gasteiger partial charge in [0.15, 0.2) is 5.96 Å². The van der Waals surface area contributed by atoms with E-state index in [0.717, 1.165) is 43.4 Å². The molecular weight excluding hydrogens is 288 g/mol. The summed E-state index contributed by atoms with van der Waals surface area (Å²) in [7, 11) is 1.78. The lowest BCUT2D eigenvalue weighted by molar-refractivity contribution is 0.0953. The van der Waals surface area contributed by atoms with Crippen LogP contribution >= 0.6 is 0 Å². The average Bonchev–Trinajstić information content (AvgIpc) is 3.40. The summed E-state index contributed by atoms with van der Waals surface area (Å²) in [5.74, 6) is 1.65. The van der Waals surface area contributed by atoms with Crippen LogP contribution in [0, 0.1) is 5.92 Å². The van der Waals surface area contributed by atoms with Crippen LogP contribution < -0.4 is 16.0 Å². The number of hydrogen-bond donors (Lipinski definition) is 3. The van der Waals surface area contributed by atoms with Crippen molar-refractivity contribution in [1.82, 2.24) is 16.0 Å². The number of guanidine groups is 1. The van der Waals surface area contributed by atoms with Gasteiger partial charge in [0, 0.05) is 32.2 Å². The highest BCUT2D eigenvalue weighted by Crippen LogP contribution is 2.27. The number of carbonyl (C=O) groups excluding carboxylic acids is 1. The normalized spacial score (nSPS) is 14.4. The maximum absolute atomic E-state index is 11.9. The van der Waals surface area contributed by atoms with Gasteiger partial charge in [-0.2, -0.15) is 0 Å². The average molecular weight is 316 g/mol. The van der Waals surface area contributed by atoms with Crippen molar-refractivity contribution >= 4 is 11.9 Å². The standard InChI is InChI=1S/C18H28N4O/c1-3-4-11-20-17(23)16-9-7-15(8-10-16)13-22-18(19-2)21-12-14-5-6-14/h7-10,14H,3-6,11-13H2,1-2H3,(H,20,23)(H2,19,21,22). The minimum Gasteiger partial charge on any atom is -0.356 e. The molecule has 0 unspecified atom stereocenters. The largest absolute Gasteiger partial charge is 0.356 e. The molecule has 5 nitrogen and oxygen atoms in total. The van der Waals surface area contributed by atoms with Crippen LogP contribution in [0.15, 0.2) is 29.3 Å². The molecule has 1 amide bonds. The van der Waals surface area contributed by atoms with Crippen LogP contribution in [0.5, 0.6) is 0 Å². The van der Waals surface area contributed by atoms with E-state index >= 15 is 0 Å². The number of rotatable bonds is 8. The van der Waals surface area contributed by atoms with Gasteiger partial charge in [-0.3, -0.25) is 9.79 Å². The van der Waals surface area contributed by atoms with E-state index in [2.05, 4.69) is 27.9 Å². The van der Waals surface area contributed by atoms with E-state index in [1.165, 1.54) is 12.8 Å². The van der Waals surface area contributed by atoms with Gasteiger partial charge in [-0.05, 0) is 42.9 Å². The van der Waals surface area contributed by atoms with Crippen LogP contribution in [0.4, 0.5) is 0 Å². The zero-order valence-corrected chi connectivity index (χ0v) is 14.2. The highest BCUT2D eigenvalue weighted by atomic mass is 16.1. The van der Waals surface area contributed by atoms with Crippen LogP contribution in [0.25, 0.3) is 0 Å². The van der Waals surface area contributed by atoms with E-state index in [1.54, 1.807) is 7.05 Å². The van der Waals surface area contributed by atoms with Gasteiger partial charge in [0.25, 0.3) is 5.91 Å². The van der Waals surface area contributed by atoms with Crippen LogP contribution in [0.2, 0.25) is 0 Å². The Kier molecular flexibility index (Phi) is 6.91. The summed E-state index contributed by atoms with van der Waals surface area (Å²) in [6, 6.07) is 7.71. The van der Waals surface area contributed by atoms with E-state index in [1.807, 2.05) is 24.3 Å². The lowest BCUT2D eigenvalue weighted by atomic mass is 10.1. The summed E-state index contributed by atoms with van der Waals surface area (Å²) in [6.07, 6.45) is 4.75. The van der Waals surface area contributed by atoms with Crippen molar-refractivity contribution in [2.24, 2.45) is 10.9 Å². The molecule has 1 aliphatic rings. The molecule has 1 saturated carbocycles. The number of amides is 1. The summed E-state index contributed by atoms with van der Waals surface area (Å²) in [5, 5.41) is 9.56. The number of aliphatic imine (C=N–C) groups is 1. The highest BCUT2D eigenvalue weighted by molar-refractivity contribution is 5.94. The molecule has 0 aliphatic heterocycles. The molecule has 126 valence electrons. The van der Waals surface area contributed by atoms with Crippen LogP contribution in [0.3, 0.4) is 0 Å². The van der Waals surface area contributed by atoms with Gasteiger partial charge < -0.3 is 16.0 Å². The van der Waals surface area contributed by atoms with E-state index in [0.29, 0.717) is 12.1 Å². The molecular formula is C18H28N4O. The second-order valence-electron chi connectivity index (χ2n) is 6.06. The Balaban J connectivity index is 1.76. The van der Waals surface area contributed by atoms with E-state index < -0.39 is 0 Å². The van der Waals surface area contributed by atoms with Crippen molar-refractivity contribution in [3.05, 3.63) is 35.4 Å². The van der Waals surface area contributed by atoms with E-state index in [9.17, 15) is 4.79 Å². The van der Waals surface area contributed by atoms with Gasteiger partial charge in [0.05, 0.1) is 0 Å². The SMILES string of the molecule is CCCCNC(=O)c1ccc(CNC(=NC)NCC2CC2)cc1. The first-order valence-corrected chi connectivity index (χ1v) is 8.54. The lowest BCUT2D eigenvalue weighted by Crippen LogP contribution is -2.37. The maximum atomic E-state index is 11.9. The first-order chi connectivity index (χ1) is 11.2. The molecule has 1 aliphatic carbocycles. The van der Waals surface area contributed by atoms with Gasteiger partial charge in [0.1, 0.15) is 0 Å². The molecule has 3 N–H and O–H groups in total. The molecule has 5 heteroatoms. The topological polar surface area (TPSA) is 65.5 Å². The first-order valence-electron chi connectivity index (χ1n) is 8.54. The first kappa shape index (κ1) is 17.3. The van der Waals surface area contributed by atoms with E-state index in [4.69, 9.17) is 0 Å².